The van der Waals surface area contributed by atoms with Gasteiger partial charge in [0.2, 0.25) is 0 Å². The molecule has 0 radical (unpaired) electrons. The largest absolute Gasteiger partial charge is 0.481 e. The van der Waals surface area contributed by atoms with Crippen LogP contribution in [0.3, 0.4) is 0 Å². The molecular formula is C8H17NO3. The van der Waals surface area contributed by atoms with E-state index in [4.69, 9.17) is 5.11 Å². The van der Waals surface area contributed by atoms with Gasteiger partial charge in [-0.05, 0) is 19.4 Å². The minimum Gasteiger partial charge on any atom is -0.481 e. The van der Waals surface area contributed by atoms with Crippen molar-refractivity contribution in [1.29, 1.82) is 0 Å². The summed E-state index contributed by atoms with van der Waals surface area (Å²) in [4.78, 5) is 10.1. The van der Waals surface area contributed by atoms with Crippen molar-refractivity contribution in [3.05, 3.63) is 0 Å². The summed E-state index contributed by atoms with van der Waals surface area (Å²) in [5, 5.41) is 20.5. The Balaban J connectivity index is 3.21. The number of carbonyl (C=O) groups is 1. The van der Waals surface area contributed by atoms with Crippen molar-refractivity contribution in [2.24, 2.45) is 0 Å². The van der Waals surface area contributed by atoms with Gasteiger partial charge in [-0.2, -0.15) is 0 Å². The Morgan fingerprint density at radius 2 is 2.25 bits per heavy atom. The number of carboxylic acid groups (broad SMARTS) is 1. The fourth-order valence-electron chi connectivity index (χ4n) is 0.838. The van der Waals surface area contributed by atoms with Crippen molar-refractivity contribution in [2.75, 3.05) is 13.1 Å². The Bertz CT molecular complexity index is 127. The predicted molar refractivity (Wildman–Crippen MR) is 46.0 cm³/mol. The smallest absolute Gasteiger partial charge is 0.303 e. The van der Waals surface area contributed by atoms with E-state index >= 15 is 0 Å². The van der Waals surface area contributed by atoms with Gasteiger partial charge >= 0.3 is 5.97 Å². The molecule has 0 bridgehead atoms. The van der Waals surface area contributed by atoms with E-state index in [1.165, 1.54) is 0 Å². The summed E-state index contributed by atoms with van der Waals surface area (Å²) in [5.41, 5.74) is 0. The Morgan fingerprint density at radius 1 is 1.58 bits per heavy atom. The summed E-state index contributed by atoms with van der Waals surface area (Å²) >= 11 is 0. The second kappa shape index (κ2) is 7.06. The molecule has 72 valence electrons. The first-order valence-electron chi connectivity index (χ1n) is 4.27. The molecule has 0 aromatic rings. The monoisotopic (exact) mass is 175 g/mol. The molecule has 0 saturated heterocycles. The predicted octanol–water partition coefficient (Wildman–Crippen LogP) is 0.212. The number of rotatable bonds is 7. The van der Waals surface area contributed by atoms with E-state index in [9.17, 15) is 9.90 Å². The van der Waals surface area contributed by atoms with Gasteiger partial charge in [-0.1, -0.05) is 6.92 Å². The first-order valence-corrected chi connectivity index (χ1v) is 4.27. The Labute approximate surface area is 72.6 Å². The molecule has 0 aliphatic carbocycles. The summed E-state index contributed by atoms with van der Waals surface area (Å²) in [5.74, 6) is -0.857. The lowest BCUT2D eigenvalue weighted by Gasteiger charge is -2.09. The third-order valence-electron chi connectivity index (χ3n) is 1.50. The van der Waals surface area contributed by atoms with E-state index in [2.05, 4.69) is 5.32 Å². The van der Waals surface area contributed by atoms with Crippen LogP contribution in [0.2, 0.25) is 0 Å². The Kier molecular flexibility index (Phi) is 6.70. The summed E-state index contributed by atoms with van der Waals surface area (Å²) in [6.45, 7) is 3.39. The quantitative estimate of drug-likeness (QED) is 0.484. The fraction of sp³-hybridized carbons (Fsp3) is 0.875. The lowest BCUT2D eigenvalue weighted by atomic mass is 10.2. The average Bonchev–Trinajstić information content (AvgIpc) is 2.01. The second-order valence-corrected chi connectivity index (χ2v) is 2.79. The van der Waals surface area contributed by atoms with Crippen LogP contribution in [0.15, 0.2) is 0 Å². The number of hydrogen-bond donors (Lipinski definition) is 3. The number of aliphatic carboxylic acids is 1. The molecular weight excluding hydrogens is 158 g/mol. The summed E-state index contributed by atoms with van der Waals surface area (Å²) < 4.78 is 0. The minimum absolute atomic E-state index is 0.0367. The molecule has 4 heteroatoms. The van der Waals surface area contributed by atoms with Gasteiger partial charge in [0.25, 0.3) is 0 Å². The first-order chi connectivity index (χ1) is 5.66. The van der Waals surface area contributed by atoms with Gasteiger partial charge in [0, 0.05) is 13.0 Å². The van der Waals surface area contributed by atoms with Gasteiger partial charge in [0.15, 0.2) is 0 Å². The van der Waals surface area contributed by atoms with Gasteiger partial charge in [0.1, 0.15) is 0 Å². The van der Waals surface area contributed by atoms with Crippen molar-refractivity contribution in [3.63, 3.8) is 0 Å². The van der Waals surface area contributed by atoms with E-state index in [0.29, 0.717) is 13.0 Å². The van der Waals surface area contributed by atoms with Gasteiger partial charge in [-0.3, -0.25) is 4.79 Å². The SMILES string of the molecule is CCCNCC(O)CCC(=O)O. The molecule has 3 N–H and O–H groups in total. The highest BCUT2D eigenvalue weighted by Crippen LogP contribution is 1.95. The maximum Gasteiger partial charge on any atom is 0.303 e. The Morgan fingerprint density at radius 3 is 2.75 bits per heavy atom. The van der Waals surface area contributed by atoms with E-state index in [1.807, 2.05) is 6.92 Å². The van der Waals surface area contributed by atoms with Crippen LogP contribution in [-0.4, -0.2) is 35.4 Å². The van der Waals surface area contributed by atoms with Crippen LogP contribution in [0.5, 0.6) is 0 Å². The van der Waals surface area contributed by atoms with Crippen LogP contribution in [0, 0.1) is 0 Å². The Hall–Kier alpha value is -0.610. The molecule has 0 spiro atoms. The summed E-state index contributed by atoms with van der Waals surface area (Å²) in [7, 11) is 0. The van der Waals surface area contributed by atoms with E-state index in [1.54, 1.807) is 0 Å². The normalized spacial score (nSPS) is 12.8. The second-order valence-electron chi connectivity index (χ2n) is 2.79. The van der Waals surface area contributed by atoms with E-state index < -0.39 is 12.1 Å². The van der Waals surface area contributed by atoms with Crippen LogP contribution in [-0.2, 0) is 4.79 Å². The zero-order chi connectivity index (χ0) is 9.40. The van der Waals surface area contributed by atoms with Crippen LogP contribution in [0.25, 0.3) is 0 Å². The third-order valence-corrected chi connectivity index (χ3v) is 1.50. The lowest BCUT2D eigenvalue weighted by molar-refractivity contribution is -0.137. The number of carboxylic acids is 1. The molecule has 1 atom stereocenters. The molecule has 0 saturated carbocycles. The third kappa shape index (κ3) is 7.50. The molecule has 0 amide bonds. The topological polar surface area (TPSA) is 69.6 Å². The zero-order valence-corrected chi connectivity index (χ0v) is 7.42. The molecule has 0 rings (SSSR count). The summed E-state index contributed by atoms with van der Waals surface area (Å²) in [6, 6.07) is 0. The molecule has 1 unspecified atom stereocenters. The van der Waals surface area contributed by atoms with E-state index in [0.717, 1.165) is 13.0 Å². The molecule has 0 aromatic heterocycles. The van der Waals surface area contributed by atoms with Crippen molar-refractivity contribution in [3.8, 4) is 0 Å². The van der Waals surface area contributed by atoms with Crippen molar-refractivity contribution in [2.45, 2.75) is 32.3 Å². The molecule has 0 aliphatic rings. The standard InChI is InChI=1S/C8H17NO3/c1-2-5-9-6-7(10)3-4-8(11)12/h7,9-10H,2-6H2,1H3,(H,11,12). The molecule has 12 heavy (non-hydrogen) atoms. The van der Waals surface area contributed by atoms with Crippen molar-refractivity contribution < 1.29 is 15.0 Å². The van der Waals surface area contributed by atoms with Gasteiger partial charge in [-0.25, -0.2) is 0 Å². The highest BCUT2D eigenvalue weighted by molar-refractivity contribution is 5.66. The van der Waals surface area contributed by atoms with Gasteiger partial charge in [0.05, 0.1) is 6.10 Å². The van der Waals surface area contributed by atoms with Gasteiger partial charge < -0.3 is 15.5 Å². The van der Waals surface area contributed by atoms with Crippen LogP contribution < -0.4 is 5.32 Å². The molecule has 0 fully saturated rings. The fourth-order valence-corrected chi connectivity index (χ4v) is 0.838. The average molecular weight is 175 g/mol. The molecule has 0 heterocycles. The van der Waals surface area contributed by atoms with Gasteiger partial charge in [-0.15, -0.1) is 0 Å². The molecule has 0 aromatic carbocycles. The van der Waals surface area contributed by atoms with Crippen LogP contribution in [0.1, 0.15) is 26.2 Å². The number of aliphatic hydroxyl groups excluding tert-OH is 1. The maximum atomic E-state index is 10.1. The number of nitrogens with one attached hydrogen (secondary N) is 1. The molecule has 4 nitrogen and oxygen atoms in total. The van der Waals surface area contributed by atoms with Crippen LogP contribution >= 0.6 is 0 Å². The highest BCUT2D eigenvalue weighted by Gasteiger charge is 2.05. The maximum absolute atomic E-state index is 10.1. The highest BCUT2D eigenvalue weighted by atomic mass is 16.4. The first kappa shape index (κ1) is 11.4. The van der Waals surface area contributed by atoms with Crippen LogP contribution in [0.4, 0.5) is 0 Å². The zero-order valence-electron chi connectivity index (χ0n) is 7.42. The number of aliphatic hydroxyl groups is 1. The number of hydrogen-bond acceptors (Lipinski definition) is 3. The lowest BCUT2D eigenvalue weighted by Crippen LogP contribution is -2.27. The van der Waals surface area contributed by atoms with E-state index in [-0.39, 0.29) is 6.42 Å². The van der Waals surface area contributed by atoms with Crippen molar-refractivity contribution >= 4 is 5.97 Å². The summed E-state index contributed by atoms with van der Waals surface area (Å²) in [6.07, 6.45) is 0.847. The van der Waals surface area contributed by atoms with Crippen molar-refractivity contribution in [1.82, 2.24) is 5.32 Å². The molecule has 0 aliphatic heterocycles. The minimum atomic E-state index is -0.857.